The lowest BCUT2D eigenvalue weighted by molar-refractivity contribution is 0.0733. The molecule has 1 aromatic heterocycles. The molecule has 4 aromatic carbocycles. The Morgan fingerprint density at radius 1 is 0.975 bits per heavy atom. The first-order chi connectivity index (χ1) is 19.5. The van der Waals surface area contributed by atoms with Gasteiger partial charge in [-0.1, -0.05) is 57.9 Å². The van der Waals surface area contributed by atoms with Gasteiger partial charge in [0.2, 0.25) is 6.79 Å². The number of aromatic amines is 1. The smallest absolute Gasteiger partial charge is 0.343 e. The maximum Gasteiger partial charge on any atom is 0.343 e. The van der Waals surface area contributed by atoms with E-state index in [1.165, 1.54) is 6.21 Å². The second kappa shape index (κ2) is 10.9. The topological polar surface area (TPSA) is 102 Å². The third-order valence-corrected chi connectivity index (χ3v) is 7.05. The molecular formula is C30H19BrClN3O5. The van der Waals surface area contributed by atoms with Gasteiger partial charge in [-0.2, -0.15) is 5.10 Å². The number of para-hydroxylation sites is 1. The zero-order valence-electron chi connectivity index (χ0n) is 20.6. The van der Waals surface area contributed by atoms with Crippen molar-refractivity contribution in [3.63, 3.8) is 0 Å². The fourth-order valence-electron chi connectivity index (χ4n) is 4.36. The number of rotatable bonds is 6. The number of benzene rings is 4. The summed E-state index contributed by atoms with van der Waals surface area (Å²) in [4.78, 5) is 29.3. The number of halogens is 2. The first kappa shape index (κ1) is 25.7. The summed E-state index contributed by atoms with van der Waals surface area (Å²) in [6.07, 6.45) is 1.41. The number of nitrogens with one attached hydrogen (secondary N) is 2. The number of esters is 1. The Hall–Kier alpha value is -4.60. The molecule has 40 heavy (non-hydrogen) atoms. The van der Waals surface area contributed by atoms with E-state index in [-0.39, 0.29) is 12.5 Å². The Labute approximate surface area is 241 Å². The van der Waals surface area contributed by atoms with E-state index in [0.29, 0.717) is 44.5 Å². The lowest BCUT2D eigenvalue weighted by atomic mass is 10.0. The molecule has 0 radical (unpaired) electrons. The van der Waals surface area contributed by atoms with Gasteiger partial charge >= 0.3 is 5.97 Å². The molecule has 0 saturated carbocycles. The molecule has 1 amide bonds. The highest BCUT2D eigenvalue weighted by molar-refractivity contribution is 9.10. The lowest BCUT2D eigenvalue weighted by Crippen LogP contribution is -2.19. The van der Waals surface area contributed by atoms with E-state index >= 15 is 0 Å². The molecule has 0 spiro atoms. The van der Waals surface area contributed by atoms with Crippen LogP contribution in [0.3, 0.4) is 0 Å². The summed E-state index contributed by atoms with van der Waals surface area (Å²) in [6.45, 7) is 0.106. The van der Waals surface area contributed by atoms with E-state index in [4.69, 9.17) is 25.8 Å². The van der Waals surface area contributed by atoms with Crippen LogP contribution in [-0.2, 0) is 0 Å². The number of H-pyrrole nitrogens is 1. The highest BCUT2D eigenvalue weighted by Gasteiger charge is 2.21. The number of carbonyl (C=O) groups is 2. The molecule has 198 valence electrons. The van der Waals surface area contributed by atoms with Crippen molar-refractivity contribution < 1.29 is 23.8 Å². The Morgan fingerprint density at radius 3 is 2.65 bits per heavy atom. The minimum Gasteiger partial charge on any atom is -0.454 e. The van der Waals surface area contributed by atoms with Crippen molar-refractivity contribution in [1.29, 1.82) is 0 Å². The number of ether oxygens (including phenoxy) is 3. The average molecular weight is 617 g/mol. The van der Waals surface area contributed by atoms with Crippen LogP contribution in [0.1, 0.15) is 26.4 Å². The number of hydrazone groups is 1. The van der Waals surface area contributed by atoms with Crippen molar-refractivity contribution in [1.82, 2.24) is 10.4 Å². The normalized spacial score (nSPS) is 12.2. The first-order valence-electron chi connectivity index (χ1n) is 12.1. The second-order valence-corrected chi connectivity index (χ2v) is 10.1. The van der Waals surface area contributed by atoms with Gasteiger partial charge in [-0.05, 0) is 54.6 Å². The number of hydrogen-bond acceptors (Lipinski definition) is 6. The molecule has 2 heterocycles. The fourth-order valence-corrected chi connectivity index (χ4v) is 4.95. The van der Waals surface area contributed by atoms with E-state index < -0.39 is 11.9 Å². The number of aromatic nitrogens is 1. The fraction of sp³-hybridized carbons (Fsp3) is 0.0333. The Balaban J connectivity index is 1.24. The van der Waals surface area contributed by atoms with Crippen molar-refractivity contribution >= 4 is 56.5 Å². The highest BCUT2D eigenvalue weighted by Crippen LogP contribution is 2.38. The third kappa shape index (κ3) is 5.04. The van der Waals surface area contributed by atoms with Crippen LogP contribution in [0.5, 0.6) is 17.2 Å². The average Bonchev–Trinajstić information content (AvgIpc) is 3.58. The molecule has 0 bridgehead atoms. The lowest BCUT2D eigenvalue weighted by Gasteiger charge is -2.08. The van der Waals surface area contributed by atoms with E-state index in [2.05, 4.69) is 31.4 Å². The molecule has 1 aliphatic rings. The summed E-state index contributed by atoms with van der Waals surface area (Å²) in [7, 11) is 0. The standard InChI is InChI=1S/C30H19BrClN3O5/c31-19-10-11-23-21(14-19)27(20-6-2-3-7-22(20)32)28(34-23)29(36)35-33-15-18-5-1-4-8-24(18)40-30(37)17-9-12-25-26(13-17)39-16-38-25/h1-15,34H,16H2,(H,35,36). The SMILES string of the molecule is O=C(Oc1ccccc1C=NNC(=O)c1[nH]c2ccc(Br)cc2c1-c1ccccc1Cl)c1ccc2c(c1)OCO2. The van der Waals surface area contributed by atoms with Crippen molar-refractivity contribution in [2.75, 3.05) is 6.79 Å². The summed E-state index contributed by atoms with van der Waals surface area (Å²) in [6, 6.07) is 24.7. The Bertz CT molecular complexity index is 1820. The number of fused-ring (bicyclic) bond motifs is 2. The summed E-state index contributed by atoms with van der Waals surface area (Å²) >= 11 is 10.0. The molecule has 1 aliphatic heterocycles. The van der Waals surface area contributed by atoms with Crippen molar-refractivity contribution in [3.8, 4) is 28.4 Å². The van der Waals surface area contributed by atoms with Crippen molar-refractivity contribution in [3.05, 3.63) is 111 Å². The molecule has 10 heteroatoms. The number of hydrogen-bond donors (Lipinski definition) is 2. The predicted octanol–water partition coefficient (Wildman–Crippen LogP) is 6.96. The number of amides is 1. The van der Waals surface area contributed by atoms with Crippen LogP contribution < -0.4 is 19.6 Å². The summed E-state index contributed by atoms with van der Waals surface area (Å²) in [5.41, 5.74) is 5.81. The molecule has 2 N–H and O–H groups in total. The quantitative estimate of drug-likeness (QED) is 0.0929. The second-order valence-electron chi connectivity index (χ2n) is 8.74. The minimum atomic E-state index is -0.572. The minimum absolute atomic E-state index is 0.106. The predicted molar refractivity (Wildman–Crippen MR) is 155 cm³/mol. The largest absolute Gasteiger partial charge is 0.454 e. The number of carbonyl (C=O) groups excluding carboxylic acids is 2. The van der Waals surface area contributed by atoms with Gasteiger partial charge < -0.3 is 19.2 Å². The van der Waals surface area contributed by atoms with Gasteiger partial charge in [0.25, 0.3) is 5.91 Å². The highest BCUT2D eigenvalue weighted by atomic mass is 79.9. The Kier molecular flexibility index (Phi) is 6.98. The van der Waals surface area contributed by atoms with Crippen LogP contribution in [0.4, 0.5) is 0 Å². The third-order valence-electron chi connectivity index (χ3n) is 6.23. The van der Waals surface area contributed by atoms with Gasteiger partial charge in [-0.25, -0.2) is 10.2 Å². The van der Waals surface area contributed by atoms with Crippen molar-refractivity contribution in [2.24, 2.45) is 5.10 Å². The molecule has 0 unspecified atom stereocenters. The summed E-state index contributed by atoms with van der Waals surface area (Å²) < 4.78 is 17.1. The van der Waals surface area contributed by atoms with Crippen molar-refractivity contribution in [2.45, 2.75) is 0 Å². The first-order valence-corrected chi connectivity index (χ1v) is 13.3. The van der Waals surface area contributed by atoms with E-state index in [1.807, 2.05) is 36.4 Å². The summed E-state index contributed by atoms with van der Waals surface area (Å²) in [5.74, 6) is 0.285. The molecule has 0 saturated heterocycles. The van der Waals surface area contributed by atoms with Crippen LogP contribution in [-0.4, -0.2) is 29.9 Å². The molecule has 5 aromatic rings. The van der Waals surface area contributed by atoms with Gasteiger partial charge in [-0.3, -0.25) is 4.79 Å². The van der Waals surface area contributed by atoms with Gasteiger partial charge in [0, 0.05) is 37.1 Å². The Morgan fingerprint density at radius 2 is 1.77 bits per heavy atom. The maximum absolute atomic E-state index is 13.3. The molecule has 0 fully saturated rings. The van der Waals surface area contributed by atoms with Gasteiger partial charge in [0.15, 0.2) is 11.5 Å². The van der Waals surface area contributed by atoms with E-state index in [0.717, 1.165) is 15.4 Å². The zero-order chi connectivity index (χ0) is 27.6. The van der Waals surface area contributed by atoms with Crippen LogP contribution in [0.15, 0.2) is 94.5 Å². The van der Waals surface area contributed by atoms with E-state index in [9.17, 15) is 9.59 Å². The van der Waals surface area contributed by atoms with Crippen LogP contribution >= 0.6 is 27.5 Å². The summed E-state index contributed by atoms with van der Waals surface area (Å²) in [5, 5.41) is 5.48. The van der Waals surface area contributed by atoms with Gasteiger partial charge in [-0.15, -0.1) is 0 Å². The molecule has 0 atom stereocenters. The van der Waals surface area contributed by atoms with Crippen LogP contribution in [0.2, 0.25) is 5.02 Å². The zero-order valence-corrected chi connectivity index (χ0v) is 23.0. The molecular weight excluding hydrogens is 598 g/mol. The van der Waals surface area contributed by atoms with Crippen LogP contribution in [0.25, 0.3) is 22.0 Å². The van der Waals surface area contributed by atoms with Gasteiger partial charge in [0.05, 0.1) is 11.8 Å². The van der Waals surface area contributed by atoms with Gasteiger partial charge in [0.1, 0.15) is 11.4 Å². The maximum atomic E-state index is 13.3. The number of nitrogens with zero attached hydrogens (tertiary/aromatic N) is 1. The molecule has 0 aliphatic carbocycles. The van der Waals surface area contributed by atoms with E-state index in [1.54, 1.807) is 48.5 Å². The van der Waals surface area contributed by atoms with Crippen LogP contribution in [0, 0.1) is 0 Å². The molecule has 6 rings (SSSR count). The monoisotopic (exact) mass is 615 g/mol. The molecule has 8 nitrogen and oxygen atoms in total.